The van der Waals surface area contributed by atoms with Gasteiger partial charge < -0.3 is 15.4 Å². The first-order chi connectivity index (χ1) is 9.76. The lowest BCUT2D eigenvalue weighted by atomic mass is 10.4. The normalized spacial score (nSPS) is 11.0. The smallest absolute Gasteiger partial charge is 0.422 e. The fourth-order valence-electron chi connectivity index (χ4n) is 1.20. The zero-order valence-electron chi connectivity index (χ0n) is 10.6. The zero-order valence-corrected chi connectivity index (χ0v) is 12.2. The maximum atomic E-state index is 11.8. The molecule has 0 fully saturated rings. The van der Waals surface area contributed by atoms with E-state index in [4.69, 9.17) is 11.6 Å². The van der Waals surface area contributed by atoms with Crippen molar-refractivity contribution in [3.05, 3.63) is 21.3 Å². The number of carbonyl (C=O) groups is 2. The van der Waals surface area contributed by atoms with Crippen molar-refractivity contribution in [2.24, 2.45) is 0 Å². The molecule has 1 aromatic rings. The average Bonchev–Trinajstić information content (AvgIpc) is 2.79. The van der Waals surface area contributed by atoms with Crippen LogP contribution in [0.2, 0.25) is 4.34 Å². The van der Waals surface area contributed by atoms with Crippen LogP contribution in [0.15, 0.2) is 12.1 Å². The van der Waals surface area contributed by atoms with E-state index in [9.17, 15) is 22.8 Å². The van der Waals surface area contributed by atoms with Gasteiger partial charge in [0.1, 0.15) is 0 Å². The number of amides is 2. The standard InChI is InChI=1S/C11H12ClF3N2O3S/c12-8-2-1-7(21-8)5-17-9(18)3-4-16-10(19)20-6-11(13,14)15/h1-2H,3-6H2,(H,16,19)(H,17,18). The van der Waals surface area contributed by atoms with E-state index in [0.29, 0.717) is 10.9 Å². The van der Waals surface area contributed by atoms with Crippen molar-refractivity contribution in [2.75, 3.05) is 13.2 Å². The van der Waals surface area contributed by atoms with Gasteiger partial charge >= 0.3 is 12.3 Å². The molecule has 1 rings (SSSR count). The summed E-state index contributed by atoms with van der Waals surface area (Å²) in [6.45, 7) is -1.48. The summed E-state index contributed by atoms with van der Waals surface area (Å²) in [4.78, 5) is 23.2. The van der Waals surface area contributed by atoms with Crippen LogP contribution < -0.4 is 10.6 Å². The lowest BCUT2D eigenvalue weighted by Crippen LogP contribution is -2.32. The number of ether oxygens (including phenoxy) is 1. The van der Waals surface area contributed by atoms with Crippen LogP contribution in [0, 0.1) is 0 Å². The second-order valence-corrected chi connectivity index (χ2v) is 5.65. The Morgan fingerprint density at radius 1 is 1.29 bits per heavy atom. The molecule has 0 aliphatic rings. The number of carbonyl (C=O) groups excluding carboxylic acids is 2. The van der Waals surface area contributed by atoms with E-state index in [-0.39, 0.29) is 18.9 Å². The Bertz CT molecular complexity index is 493. The lowest BCUT2D eigenvalue weighted by Gasteiger charge is -2.09. The summed E-state index contributed by atoms with van der Waals surface area (Å²) in [5, 5.41) is 4.63. The fourth-order valence-corrected chi connectivity index (χ4v) is 2.22. The van der Waals surface area contributed by atoms with E-state index >= 15 is 0 Å². The molecule has 0 saturated carbocycles. The van der Waals surface area contributed by atoms with Gasteiger partial charge in [-0.25, -0.2) is 4.79 Å². The molecule has 0 bridgehead atoms. The second kappa shape index (κ2) is 8.08. The number of thiophene rings is 1. The maximum Gasteiger partial charge on any atom is 0.422 e. The van der Waals surface area contributed by atoms with Gasteiger partial charge in [-0.3, -0.25) is 4.79 Å². The van der Waals surface area contributed by atoms with Gasteiger partial charge in [0.25, 0.3) is 0 Å². The summed E-state index contributed by atoms with van der Waals surface area (Å²) in [5.74, 6) is -0.351. The highest BCUT2D eigenvalue weighted by molar-refractivity contribution is 7.16. The molecule has 2 N–H and O–H groups in total. The van der Waals surface area contributed by atoms with Crippen LogP contribution in [0.3, 0.4) is 0 Å². The zero-order chi connectivity index (χ0) is 15.9. The van der Waals surface area contributed by atoms with Gasteiger partial charge in [-0.15, -0.1) is 11.3 Å². The van der Waals surface area contributed by atoms with Gasteiger partial charge in [0.15, 0.2) is 6.61 Å². The number of alkyl halides is 3. The molecule has 0 unspecified atom stereocenters. The Kier molecular flexibility index (Phi) is 6.76. The highest BCUT2D eigenvalue weighted by atomic mass is 35.5. The van der Waals surface area contributed by atoms with E-state index < -0.39 is 18.9 Å². The number of rotatable bonds is 6. The summed E-state index contributed by atoms with van der Waals surface area (Å²) in [6.07, 6.45) is -5.86. The third-order valence-electron chi connectivity index (χ3n) is 2.08. The monoisotopic (exact) mass is 344 g/mol. The average molecular weight is 345 g/mol. The highest BCUT2D eigenvalue weighted by Crippen LogP contribution is 2.20. The fraction of sp³-hybridized carbons (Fsp3) is 0.455. The molecule has 5 nitrogen and oxygen atoms in total. The first-order valence-electron chi connectivity index (χ1n) is 5.74. The summed E-state index contributed by atoms with van der Waals surface area (Å²) in [7, 11) is 0. The molecule has 21 heavy (non-hydrogen) atoms. The van der Waals surface area contributed by atoms with E-state index in [1.807, 2.05) is 5.32 Å². The SMILES string of the molecule is O=C(CCNC(=O)OCC(F)(F)F)NCc1ccc(Cl)s1. The number of hydrogen-bond acceptors (Lipinski definition) is 4. The Labute approximate surface area is 127 Å². The third-order valence-corrected chi connectivity index (χ3v) is 3.31. The van der Waals surface area contributed by atoms with Crippen molar-refractivity contribution in [2.45, 2.75) is 19.1 Å². The van der Waals surface area contributed by atoms with Crippen molar-refractivity contribution in [3.63, 3.8) is 0 Å². The molecule has 1 aromatic heterocycles. The highest BCUT2D eigenvalue weighted by Gasteiger charge is 2.29. The number of hydrogen-bond donors (Lipinski definition) is 2. The summed E-state index contributed by atoms with van der Waals surface area (Å²) in [6, 6.07) is 3.46. The van der Waals surface area contributed by atoms with E-state index in [1.54, 1.807) is 12.1 Å². The van der Waals surface area contributed by atoms with Gasteiger partial charge in [-0.05, 0) is 12.1 Å². The molecule has 118 valence electrons. The van der Waals surface area contributed by atoms with Gasteiger partial charge in [-0.2, -0.15) is 13.2 Å². The molecule has 1 heterocycles. The molecule has 0 saturated heterocycles. The predicted octanol–water partition coefficient (Wildman–Crippen LogP) is 2.70. The Hall–Kier alpha value is -1.48. The topological polar surface area (TPSA) is 67.4 Å². The first-order valence-corrected chi connectivity index (χ1v) is 6.94. The predicted molar refractivity (Wildman–Crippen MR) is 71.2 cm³/mol. The van der Waals surface area contributed by atoms with Gasteiger partial charge in [0.05, 0.1) is 10.9 Å². The molecule has 0 radical (unpaired) electrons. The van der Waals surface area contributed by atoms with Crippen molar-refractivity contribution < 1.29 is 27.5 Å². The van der Waals surface area contributed by atoms with E-state index in [1.165, 1.54) is 11.3 Å². The van der Waals surface area contributed by atoms with Crippen molar-refractivity contribution in [3.8, 4) is 0 Å². The summed E-state index contributed by atoms with van der Waals surface area (Å²) in [5.41, 5.74) is 0. The Balaban J connectivity index is 2.11. The van der Waals surface area contributed by atoms with Gasteiger partial charge in [-0.1, -0.05) is 11.6 Å². The van der Waals surface area contributed by atoms with Crippen LogP contribution in [0.1, 0.15) is 11.3 Å². The number of alkyl carbamates (subject to hydrolysis) is 1. The first kappa shape index (κ1) is 17.6. The summed E-state index contributed by atoms with van der Waals surface area (Å²) < 4.78 is 39.8. The van der Waals surface area contributed by atoms with Crippen LogP contribution in [0.4, 0.5) is 18.0 Å². The molecular weight excluding hydrogens is 333 g/mol. The Morgan fingerprint density at radius 2 is 2.00 bits per heavy atom. The van der Waals surface area contributed by atoms with Crippen LogP contribution in [-0.4, -0.2) is 31.3 Å². The van der Waals surface area contributed by atoms with Gasteiger partial charge in [0.2, 0.25) is 5.91 Å². The molecule has 0 spiro atoms. The minimum atomic E-state index is -4.57. The number of nitrogens with one attached hydrogen (secondary N) is 2. The van der Waals surface area contributed by atoms with Crippen LogP contribution in [-0.2, 0) is 16.1 Å². The van der Waals surface area contributed by atoms with Crippen molar-refractivity contribution in [1.82, 2.24) is 10.6 Å². The minimum absolute atomic E-state index is 0.0692. The number of halogens is 4. The van der Waals surface area contributed by atoms with Crippen molar-refractivity contribution >= 4 is 34.9 Å². The molecule has 0 aromatic carbocycles. The largest absolute Gasteiger partial charge is 0.440 e. The lowest BCUT2D eigenvalue weighted by molar-refractivity contribution is -0.160. The molecule has 0 aliphatic heterocycles. The van der Waals surface area contributed by atoms with Crippen LogP contribution in [0.5, 0.6) is 0 Å². The van der Waals surface area contributed by atoms with E-state index in [0.717, 1.165) is 4.88 Å². The van der Waals surface area contributed by atoms with Crippen molar-refractivity contribution in [1.29, 1.82) is 0 Å². The molecule has 0 atom stereocenters. The van der Waals surface area contributed by atoms with E-state index in [2.05, 4.69) is 10.1 Å². The third kappa shape index (κ3) is 8.41. The van der Waals surface area contributed by atoms with Crippen LogP contribution in [0.25, 0.3) is 0 Å². The minimum Gasteiger partial charge on any atom is -0.440 e. The summed E-state index contributed by atoms with van der Waals surface area (Å²) >= 11 is 7.04. The second-order valence-electron chi connectivity index (χ2n) is 3.85. The molecule has 2 amide bonds. The Morgan fingerprint density at radius 3 is 2.57 bits per heavy atom. The van der Waals surface area contributed by atoms with Crippen LogP contribution >= 0.6 is 22.9 Å². The van der Waals surface area contributed by atoms with Gasteiger partial charge in [0, 0.05) is 17.8 Å². The maximum absolute atomic E-state index is 11.8. The molecule has 10 heteroatoms. The molecular formula is C11H12ClF3N2O3S. The molecule has 0 aliphatic carbocycles. The quantitative estimate of drug-likeness (QED) is 0.833.